The maximum Gasteiger partial charge on any atom is 0.0436 e. The first-order chi connectivity index (χ1) is 6.64. The minimum atomic E-state index is 0.304. The Hall–Kier alpha value is -0.0800. The summed E-state index contributed by atoms with van der Waals surface area (Å²) in [5.74, 6) is 0. The van der Waals surface area contributed by atoms with Gasteiger partial charge in [-0.2, -0.15) is 0 Å². The first kappa shape index (κ1) is 13.9. The average Bonchev–Trinajstić information content (AvgIpc) is 2.24. The summed E-state index contributed by atoms with van der Waals surface area (Å²) < 4.78 is 0. The molecule has 2 N–H and O–H groups in total. The summed E-state index contributed by atoms with van der Waals surface area (Å²) in [4.78, 5) is 0. The Bertz CT molecular complexity index is 132. The molecule has 0 saturated carbocycles. The highest BCUT2D eigenvalue weighted by molar-refractivity contribution is 4.80. The van der Waals surface area contributed by atoms with E-state index < -0.39 is 0 Å². The van der Waals surface area contributed by atoms with Gasteiger partial charge in [0.15, 0.2) is 0 Å². The Morgan fingerprint density at radius 1 is 1.21 bits per heavy atom. The molecule has 0 aliphatic heterocycles. The van der Waals surface area contributed by atoms with Crippen LogP contribution in [0.5, 0.6) is 0 Å². The summed E-state index contributed by atoms with van der Waals surface area (Å²) >= 11 is 0. The van der Waals surface area contributed by atoms with Crippen molar-refractivity contribution in [2.45, 2.75) is 59.4 Å². The number of hydrogen-bond donors (Lipinski definition) is 2. The molecular formula is C12H27NO. The van der Waals surface area contributed by atoms with Gasteiger partial charge in [0.2, 0.25) is 0 Å². The van der Waals surface area contributed by atoms with Gasteiger partial charge in [-0.3, -0.25) is 0 Å². The molecule has 0 aliphatic rings. The Morgan fingerprint density at radius 2 is 1.79 bits per heavy atom. The van der Waals surface area contributed by atoms with Gasteiger partial charge in [-0.05, 0) is 38.0 Å². The lowest BCUT2D eigenvalue weighted by molar-refractivity contribution is 0.160. The predicted molar refractivity (Wildman–Crippen MR) is 62.5 cm³/mol. The van der Waals surface area contributed by atoms with Crippen LogP contribution >= 0.6 is 0 Å². The maximum absolute atomic E-state index is 9.06. The quantitative estimate of drug-likeness (QED) is 0.632. The van der Waals surface area contributed by atoms with Gasteiger partial charge in [0.25, 0.3) is 0 Å². The lowest BCUT2D eigenvalue weighted by Gasteiger charge is -2.32. The summed E-state index contributed by atoms with van der Waals surface area (Å²) in [5, 5.41) is 12.6. The molecule has 0 aromatic rings. The van der Waals surface area contributed by atoms with Gasteiger partial charge >= 0.3 is 0 Å². The lowest BCUT2D eigenvalue weighted by Crippen LogP contribution is -2.38. The molecular weight excluding hydrogens is 174 g/mol. The van der Waals surface area contributed by atoms with Crippen molar-refractivity contribution >= 4 is 0 Å². The summed E-state index contributed by atoms with van der Waals surface area (Å²) in [6.07, 6.45) is 4.38. The number of rotatable bonds is 8. The van der Waals surface area contributed by atoms with Crippen molar-refractivity contribution in [2.75, 3.05) is 13.2 Å². The molecule has 0 heterocycles. The molecule has 1 atom stereocenters. The third kappa shape index (κ3) is 4.43. The van der Waals surface area contributed by atoms with Crippen LogP contribution < -0.4 is 5.32 Å². The van der Waals surface area contributed by atoms with Crippen LogP contribution in [0, 0.1) is 5.41 Å². The van der Waals surface area contributed by atoms with Crippen LogP contribution in [0.3, 0.4) is 0 Å². The molecule has 0 spiro atoms. The van der Waals surface area contributed by atoms with Crippen molar-refractivity contribution in [3.63, 3.8) is 0 Å². The van der Waals surface area contributed by atoms with E-state index >= 15 is 0 Å². The molecule has 0 amide bonds. The molecule has 86 valence electrons. The van der Waals surface area contributed by atoms with E-state index in [9.17, 15) is 0 Å². The molecule has 0 bridgehead atoms. The van der Waals surface area contributed by atoms with Gasteiger partial charge in [0.05, 0.1) is 0 Å². The van der Waals surface area contributed by atoms with Crippen LogP contribution in [0.1, 0.15) is 53.4 Å². The molecule has 0 aromatic heterocycles. The van der Waals surface area contributed by atoms with Crippen LogP contribution in [0.2, 0.25) is 0 Å². The molecule has 2 heteroatoms. The van der Waals surface area contributed by atoms with Gasteiger partial charge < -0.3 is 10.4 Å². The van der Waals surface area contributed by atoms with Crippen molar-refractivity contribution < 1.29 is 5.11 Å². The largest absolute Gasteiger partial charge is 0.396 e. The van der Waals surface area contributed by atoms with E-state index in [1.54, 1.807) is 0 Å². The Kier molecular flexibility index (Phi) is 7.20. The van der Waals surface area contributed by atoms with Crippen molar-refractivity contribution in [1.82, 2.24) is 5.32 Å². The first-order valence-electron chi connectivity index (χ1n) is 5.98. The van der Waals surface area contributed by atoms with Crippen LogP contribution in [-0.2, 0) is 0 Å². The highest BCUT2D eigenvalue weighted by atomic mass is 16.3. The Balaban J connectivity index is 4.06. The van der Waals surface area contributed by atoms with E-state index in [-0.39, 0.29) is 0 Å². The fraction of sp³-hybridized carbons (Fsp3) is 1.00. The average molecular weight is 201 g/mol. The SMILES string of the molecule is CCC(C)NCC(CC)(CC)CCO. The molecule has 0 saturated heterocycles. The smallest absolute Gasteiger partial charge is 0.0436 e. The van der Waals surface area contributed by atoms with Crippen molar-refractivity contribution in [2.24, 2.45) is 5.41 Å². The van der Waals surface area contributed by atoms with Crippen LogP contribution in [0.25, 0.3) is 0 Å². The molecule has 0 radical (unpaired) electrons. The number of nitrogens with one attached hydrogen (secondary N) is 1. The van der Waals surface area contributed by atoms with Crippen LogP contribution in [0.4, 0.5) is 0 Å². The highest BCUT2D eigenvalue weighted by Crippen LogP contribution is 2.29. The second-order valence-electron chi connectivity index (χ2n) is 4.37. The third-order valence-electron chi connectivity index (χ3n) is 3.58. The topological polar surface area (TPSA) is 32.3 Å². The molecule has 1 unspecified atom stereocenters. The summed E-state index contributed by atoms with van der Waals surface area (Å²) in [5.41, 5.74) is 0.304. The highest BCUT2D eigenvalue weighted by Gasteiger charge is 2.25. The molecule has 2 nitrogen and oxygen atoms in total. The van der Waals surface area contributed by atoms with E-state index in [2.05, 4.69) is 33.0 Å². The van der Waals surface area contributed by atoms with Crippen LogP contribution in [0.15, 0.2) is 0 Å². The Labute approximate surface area is 89.1 Å². The van der Waals surface area contributed by atoms with Crippen molar-refractivity contribution in [3.8, 4) is 0 Å². The molecule has 0 aliphatic carbocycles. The summed E-state index contributed by atoms with van der Waals surface area (Å²) in [6, 6.07) is 0.589. The predicted octanol–water partition coefficient (Wildman–Crippen LogP) is 2.56. The van der Waals surface area contributed by atoms with Gasteiger partial charge in [-0.25, -0.2) is 0 Å². The van der Waals surface area contributed by atoms with E-state index in [4.69, 9.17) is 5.11 Å². The van der Waals surface area contributed by atoms with E-state index in [0.717, 1.165) is 25.8 Å². The van der Waals surface area contributed by atoms with E-state index in [0.29, 0.717) is 18.1 Å². The van der Waals surface area contributed by atoms with Crippen LogP contribution in [-0.4, -0.2) is 24.3 Å². The molecule has 0 fully saturated rings. The number of aliphatic hydroxyl groups is 1. The van der Waals surface area contributed by atoms with Gasteiger partial charge in [0, 0.05) is 19.2 Å². The second-order valence-corrected chi connectivity index (χ2v) is 4.37. The second kappa shape index (κ2) is 7.24. The van der Waals surface area contributed by atoms with Gasteiger partial charge in [-0.15, -0.1) is 0 Å². The zero-order valence-corrected chi connectivity index (χ0v) is 10.3. The van der Waals surface area contributed by atoms with E-state index in [1.165, 1.54) is 6.42 Å². The maximum atomic E-state index is 9.06. The Morgan fingerprint density at radius 3 is 2.14 bits per heavy atom. The monoisotopic (exact) mass is 201 g/mol. The van der Waals surface area contributed by atoms with Crippen molar-refractivity contribution in [1.29, 1.82) is 0 Å². The molecule has 14 heavy (non-hydrogen) atoms. The summed E-state index contributed by atoms with van der Waals surface area (Å²) in [7, 11) is 0. The lowest BCUT2D eigenvalue weighted by atomic mass is 9.79. The molecule has 0 aromatic carbocycles. The third-order valence-corrected chi connectivity index (χ3v) is 3.58. The minimum Gasteiger partial charge on any atom is -0.396 e. The van der Waals surface area contributed by atoms with E-state index in [1.807, 2.05) is 0 Å². The van der Waals surface area contributed by atoms with Gasteiger partial charge in [-0.1, -0.05) is 20.8 Å². The normalized spacial score (nSPS) is 14.4. The minimum absolute atomic E-state index is 0.304. The standard InChI is InChI=1S/C12H27NO/c1-5-11(4)13-10-12(6-2,7-3)8-9-14/h11,13-14H,5-10H2,1-4H3. The fourth-order valence-electron chi connectivity index (χ4n) is 1.71. The molecule has 0 rings (SSSR count). The zero-order valence-electron chi connectivity index (χ0n) is 10.3. The van der Waals surface area contributed by atoms with Crippen molar-refractivity contribution in [3.05, 3.63) is 0 Å². The summed E-state index contributed by atoms with van der Waals surface area (Å²) in [6.45, 7) is 10.2. The fourth-order valence-corrected chi connectivity index (χ4v) is 1.71. The number of aliphatic hydroxyl groups excluding tert-OH is 1. The van der Waals surface area contributed by atoms with Gasteiger partial charge in [0.1, 0.15) is 0 Å². The zero-order chi connectivity index (χ0) is 11.0. The first-order valence-corrected chi connectivity index (χ1v) is 5.98. The number of hydrogen-bond acceptors (Lipinski definition) is 2.